The van der Waals surface area contributed by atoms with Crippen LogP contribution in [0.25, 0.3) is 0 Å². The number of ether oxygens (including phenoxy) is 1. The molecule has 0 spiro atoms. The molecule has 4 heteroatoms. The monoisotopic (exact) mass is 312 g/mol. The highest BCUT2D eigenvalue weighted by Gasteiger charge is 2.19. The highest BCUT2D eigenvalue weighted by Crippen LogP contribution is 2.36. The molecule has 0 radical (unpaired) electrons. The van der Waals surface area contributed by atoms with Crippen molar-refractivity contribution in [3.05, 3.63) is 66.2 Å². The van der Waals surface area contributed by atoms with Crippen LogP contribution in [0.15, 0.2) is 55.1 Å². The highest BCUT2D eigenvalue weighted by molar-refractivity contribution is 5.53. The fraction of sp³-hybridized carbons (Fsp3) is 0.263. The van der Waals surface area contributed by atoms with Crippen molar-refractivity contribution in [2.45, 2.75) is 12.5 Å². The van der Waals surface area contributed by atoms with E-state index in [1.807, 2.05) is 49.5 Å². The number of likely N-dealkylation sites (N-methyl/N-ethyl adjacent to an activating group) is 1. The van der Waals surface area contributed by atoms with Crippen LogP contribution in [0.4, 0.5) is 5.69 Å². The SMILES string of the molecule is C=CCc1cc(C(CN)N(C)c2ccccc2)cc(OC)c1O. The van der Waals surface area contributed by atoms with Crippen molar-refractivity contribution in [1.29, 1.82) is 0 Å². The fourth-order valence-corrected chi connectivity index (χ4v) is 2.71. The average Bonchev–Trinajstić information content (AvgIpc) is 2.59. The fourth-order valence-electron chi connectivity index (χ4n) is 2.71. The summed E-state index contributed by atoms with van der Waals surface area (Å²) in [5, 5.41) is 10.2. The molecule has 122 valence electrons. The molecule has 3 N–H and O–H groups in total. The molecule has 1 atom stereocenters. The molecule has 0 bridgehead atoms. The summed E-state index contributed by atoms with van der Waals surface area (Å²) >= 11 is 0. The summed E-state index contributed by atoms with van der Waals surface area (Å²) in [6.07, 6.45) is 2.33. The molecule has 0 aliphatic carbocycles. The maximum Gasteiger partial charge on any atom is 0.161 e. The van der Waals surface area contributed by atoms with Crippen molar-refractivity contribution in [3.63, 3.8) is 0 Å². The minimum absolute atomic E-state index is 0.0181. The molecule has 23 heavy (non-hydrogen) atoms. The predicted molar refractivity (Wildman–Crippen MR) is 95.2 cm³/mol. The summed E-state index contributed by atoms with van der Waals surface area (Å²) in [7, 11) is 3.56. The second-order valence-electron chi connectivity index (χ2n) is 5.42. The Morgan fingerprint density at radius 2 is 2.00 bits per heavy atom. The van der Waals surface area contributed by atoms with Crippen LogP contribution in [0.5, 0.6) is 11.5 Å². The number of hydrogen-bond donors (Lipinski definition) is 2. The number of para-hydroxylation sites is 1. The van der Waals surface area contributed by atoms with Gasteiger partial charge in [0.2, 0.25) is 0 Å². The molecule has 0 aliphatic heterocycles. The van der Waals surface area contributed by atoms with Crippen LogP contribution in [-0.2, 0) is 6.42 Å². The first-order chi connectivity index (χ1) is 11.1. The lowest BCUT2D eigenvalue weighted by Gasteiger charge is -2.30. The number of methoxy groups -OCH3 is 1. The number of aromatic hydroxyl groups is 1. The summed E-state index contributed by atoms with van der Waals surface area (Å²) in [5.41, 5.74) is 8.91. The van der Waals surface area contributed by atoms with Crippen LogP contribution in [0.3, 0.4) is 0 Å². The van der Waals surface area contributed by atoms with Gasteiger partial charge in [0.05, 0.1) is 13.2 Å². The van der Waals surface area contributed by atoms with E-state index in [2.05, 4.69) is 11.5 Å². The topological polar surface area (TPSA) is 58.7 Å². The van der Waals surface area contributed by atoms with E-state index in [1.54, 1.807) is 13.2 Å². The van der Waals surface area contributed by atoms with Gasteiger partial charge < -0.3 is 20.5 Å². The largest absolute Gasteiger partial charge is 0.504 e. The van der Waals surface area contributed by atoms with Gasteiger partial charge in [-0.2, -0.15) is 0 Å². The number of anilines is 1. The summed E-state index contributed by atoms with van der Waals surface area (Å²) in [6.45, 7) is 4.19. The number of phenols is 1. The number of rotatable bonds is 7. The Balaban J connectivity index is 2.44. The quantitative estimate of drug-likeness (QED) is 0.770. The highest BCUT2D eigenvalue weighted by atomic mass is 16.5. The maximum absolute atomic E-state index is 10.2. The normalized spacial score (nSPS) is 11.8. The molecule has 0 saturated carbocycles. The smallest absolute Gasteiger partial charge is 0.161 e. The van der Waals surface area contributed by atoms with E-state index in [1.165, 1.54) is 0 Å². The molecule has 0 heterocycles. The lowest BCUT2D eigenvalue weighted by atomic mass is 9.99. The molecule has 2 aromatic rings. The average molecular weight is 312 g/mol. The standard InChI is InChI=1S/C19H24N2O2/c1-4-8-14-11-15(12-18(23-3)19(14)22)17(13-20)21(2)16-9-6-5-7-10-16/h4-7,9-12,17,22H,1,8,13,20H2,2-3H3. The molecule has 2 aromatic carbocycles. The van der Waals surface area contributed by atoms with Crippen LogP contribution >= 0.6 is 0 Å². The number of nitrogens with two attached hydrogens (primary N) is 1. The molecule has 0 fully saturated rings. The molecule has 1 unspecified atom stereocenters. The Kier molecular flexibility index (Phi) is 5.66. The van der Waals surface area contributed by atoms with E-state index in [9.17, 15) is 5.11 Å². The van der Waals surface area contributed by atoms with E-state index in [0.717, 1.165) is 16.8 Å². The molecule has 0 aromatic heterocycles. The molecule has 0 saturated heterocycles. The third-order valence-corrected chi connectivity index (χ3v) is 4.00. The van der Waals surface area contributed by atoms with Gasteiger partial charge in [0.25, 0.3) is 0 Å². The Morgan fingerprint density at radius 1 is 1.30 bits per heavy atom. The van der Waals surface area contributed by atoms with Gasteiger partial charge in [-0.05, 0) is 36.2 Å². The zero-order valence-electron chi connectivity index (χ0n) is 13.7. The van der Waals surface area contributed by atoms with E-state index in [4.69, 9.17) is 10.5 Å². The van der Waals surface area contributed by atoms with Gasteiger partial charge in [-0.3, -0.25) is 0 Å². The first kappa shape index (κ1) is 16.9. The van der Waals surface area contributed by atoms with Gasteiger partial charge in [-0.15, -0.1) is 6.58 Å². The lowest BCUT2D eigenvalue weighted by molar-refractivity contribution is 0.370. The third-order valence-electron chi connectivity index (χ3n) is 4.00. The molecule has 0 amide bonds. The number of allylic oxidation sites excluding steroid dienone is 1. The van der Waals surface area contributed by atoms with Crippen LogP contribution < -0.4 is 15.4 Å². The Hall–Kier alpha value is -2.46. The van der Waals surface area contributed by atoms with Crippen molar-refractivity contribution in [3.8, 4) is 11.5 Å². The number of hydrogen-bond acceptors (Lipinski definition) is 4. The van der Waals surface area contributed by atoms with Crippen LogP contribution in [0, 0.1) is 0 Å². The van der Waals surface area contributed by atoms with Crippen LogP contribution in [0.1, 0.15) is 17.2 Å². The van der Waals surface area contributed by atoms with Gasteiger partial charge in [0, 0.05) is 24.8 Å². The Labute approximate surface area is 137 Å². The zero-order chi connectivity index (χ0) is 16.8. The first-order valence-electron chi connectivity index (χ1n) is 7.61. The first-order valence-corrected chi connectivity index (χ1v) is 7.61. The van der Waals surface area contributed by atoms with Gasteiger partial charge >= 0.3 is 0 Å². The maximum atomic E-state index is 10.2. The van der Waals surface area contributed by atoms with E-state index >= 15 is 0 Å². The summed E-state index contributed by atoms with van der Waals surface area (Å²) in [6, 6.07) is 13.9. The minimum Gasteiger partial charge on any atom is -0.504 e. The van der Waals surface area contributed by atoms with Crippen molar-refractivity contribution in [1.82, 2.24) is 0 Å². The number of phenolic OH excluding ortho intramolecular Hbond substituents is 1. The van der Waals surface area contributed by atoms with Crippen molar-refractivity contribution in [2.75, 3.05) is 25.6 Å². The summed E-state index contributed by atoms with van der Waals surface area (Å²) < 4.78 is 5.31. The van der Waals surface area contributed by atoms with Gasteiger partial charge in [0.1, 0.15) is 0 Å². The van der Waals surface area contributed by atoms with Crippen LogP contribution in [0.2, 0.25) is 0 Å². The molecule has 2 rings (SSSR count). The zero-order valence-corrected chi connectivity index (χ0v) is 13.7. The second-order valence-corrected chi connectivity index (χ2v) is 5.42. The third kappa shape index (κ3) is 3.66. The van der Waals surface area contributed by atoms with Gasteiger partial charge in [-0.25, -0.2) is 0 Å². The lowest BCUT2D eigenvalue weighted by Crippen LogP contribution is -2.30. The molecule has 0 aliphatic rings. The van der Waals surface area contributed by atoms with Crippen molar-refractivity contribution < 1.29 is 9.84 Å². The van der Waals surface area contributed by atoms with E-state index in [-0.39, 0.29) is 11.8 Å². The second kappa shape index (κ2) is 7.70. The minimum atomic E-state index is -0.0181. The van der Waals surface area contributed by atoms with Gasteiger partial charge in [-0.1, -0.05) is 24.3 Å². The van der Waals surface area contributed by atoms with Crippen molar-refractivity contribution >= 4 is 5.69 Å². The Bertz CT molecular complexity index is 656. The number of benzene rings is 2. The Morgan fingerprint density at radius 3 is 2.57 bits per heavy atom. The van der Waals surface area contributed by atoms with Crippen LogP contribution in [-0.4, -0.2) is 25.8 Å². The van der Waals surface area contributed by atoms with Gasteiger partial charge in [0.15, 0.2) is 11.5 Å². The predicted octanol–water partition coefficient (Wildman–Crippen LogP) is 3.27. The van der Waals surface area contributed by atoms with Crippen molar-refractivity contribution in [2.24, 2.45) is 5.73 Å². The molecule has 4 nitrogen and oxygen atoms in total. The van der Waals surface area contributed by atoms with E-state index in [0.29, 0.717) is 18.7 Å². The summed E-state index contributed by atoms with van der Waals surface area (Å²) in [5.74, 6) is 0.619. The number of nitrogens with zero attached hydrogens (tertiary/aromatic N) is 1. The molecular weight excluding hydrogens is 288 g/mol. The summed E-state index contributed by atoms with van der Waals surface area (Å²) in [4.78, 5) is 2.13. The molecular formula is C19H24N2O2. The van der Waals surface area contributed by atoms with E-state index < -0.39 is 0 Å².